The van der Waals surface area contributed by atoms with E-state index < -0.39 is 20.0 Å². The molecule has 138 valence electrons. The lowest BCUT2D eigenvalue weighted by atomic mass is 10.2. The summed E-state index contributed by atoms with van der Waals surface area (Å²) in [6.07, 6.45) is 1.66. The molecule has 1 aromatic carbocycles. The smallest absolute Gasteiger partial charge is 0.240 e. The van der Waals surface area contributed by atoms with Crippen molar-refractivity contribution in [3.05, 3.63) is 29.3 Å². The SMILES string of the molecule is COCCCN(CCNS(=O)(=O)c1cc(C)ccc1C)S(C)(=O)=O. The molecule has 0 aromatic heterocycles. The highest BCUT2D eigenvalue weighted by Crippen LogP contribution is 2.16. The van der Waals surface area contributed by atoms with Crippen molar-refractivity contribution in [3.63, 3.8) is 0 Å². The van der Waals surface area contributed by atoms with Gasteiger partial charge in [0.25, 0.3) is 0 Å². The molecule has 7 nitrogen and oxygen atoms in total. The summed E-state index contributed by atoms with van der Waals surface area (Å²) in [7, 11) is -5.53. The zero-order valence-electron chi connectivity index (χ0n) is 14.6. The summed E-state index contributed by atoms with van der Waals surface area (Å²) in [4.78, 5) is 0.216. The van der Waals surface area contributed by atoms with Gasteiger partial charge in [0, 0.05) is 33.4 Å². The molecular formula is C15H26N2O5S2. The fourth-order valence-corrected chi connectivity index (χ4v) is 4.44. The molecule has 24 heavy (non-hydrogen) atoms. The maximum absolute atomic E-state index is 12.4. The van der Waals surface area contributed by atoms with Gasteiger partial charge in [-0.2, -0.15) is 0 Å². The van der Waals surface area contributed by atoms with Crippen LogP contribution in [0, 0.1) is 13.8 Å². The minimum Gasteiger partial charge on any atom is -0.385 e. The predicted molar refractivity (Wildman–Crippen MR) is 94.0 cm³/mol. The number of methoxy groups -OCH3 is 1. The van der Waals surface area contributed by atoms with Crippen LogP contribution in [0.25, 0.3) is 0 Å². The van der Waals surface area contributed by atoms with E-state index in [-0.39, 0.29) is 24.5 Å². The predicted octanol–water partition coefficient (Wildman–Crippen LogP) is 0.880. The van der Waals surface area contributed by atoms with Crippen molar-refractivity contribution in [2.75, 3.05) is 39.6 Å². The average molecular weight is 379 g/mol. The van der Waals surface area contributed by atoms with Crippen LogP contribution in [0.3, 0.4) is 0 Å². The molecule has 0 heterocycles. The third-order valence-corrected chi connectivity index (χ3v) is 6.42. The van der Waals surface area contributed by atoms with Crippen molar-refractivity contribution in [2.24, 2.45) is 0 Å². The Morgan fingerprint density at radius 2 is 1.79 bits per heavy atom. The highest BCUT2D eigenvalue weighted by molar-refractivity contribution is 7.89. The molecule has 0 aliphatic rings. The van der Waals surface area contributed by atoms with Crippen LogP contribution in [-0.4, -0.2) is 60.7 Å². The third kappa shape index (κ3) is 6.48. The van der Waals surface area contributed by atoms with Crippen molar-refractivity contribution in [2.45, 2.75) is 25.2 Å². The number of nitrogens with one attached hydrogen (secondary N) is 1. The van der Waals surface area contributed by atoms with E-state index in [0.29, 0.717) is 18.6 Å². The molecule has 0 atom stereocenters. The standard InChI is InChI=1S/C15H26N2O5S2/c1-13-6-7-14(2)15(12-13)24(20,21)16-8-10-17(23(4,18)19)9-5-11-22-3/h6-7,12,16H,5,8-11H2,1-4H3. The summed E-state index contributed by atoms with van der Waals surface area (Å²) in [5.41, 5.74) is 1.49. The van der Waals surface area contributed by atoms with Crippen molar-refractivity contribution in [3.8, 4) is 0 Å². The molecule has 0 bridgehead atoms. The molecule has 9 heteroatoms. The molecule has 0 saturated carbocycles. The molecule has 0 radical (unpaired) electrons. The maximum Gasteiger partial charge on any atom is 0.240 e. The van der Waals surface area contributed by atoms with Gasteiger partial charge in [-0.05, 0) is 37.5 Å². The van der Waals surface area contributed by atoms with Crippen LogP contribution in [0.15, 0.2) is 23.1 Å². The lowest BCUT2D eigenvalue weighted by Gasteiger charge is -2.20. The molecule has 0 amide bonds. The molecule has 0 spiro atoms. The second-order valence-electron chi connectivity index (χ2n) is 5.68. The van der Waals surface area contributed by atoms with Crippen LogP contribution in [-0.2, 0) is 24.8 Å². The average Bonchev–Trinajstić information content (AvgIpc) is 2.47. The van der Waals surface area contributed by atoms with Crippen LogP contribution < -0.4 is 4.72 Å². The van der Waals surface area contributed by atoms with Gasteiger partial charge in [0.15, 0.2) is 0 Å². The highest BCUT2D eigenvalue weighted by atomic mass is 32.2. The van der Waals surface area contributed by atoms with Gasteiger partial charge in [-0.3, -0.25) is 0 Å². The van der Waals surface area contributed by atoms with Crippen LogP contribution >= 0.6 is 0 Å². The maximum atomic E-state index is 12.4. The number of hydrogen-bond acceptors (Lipinski definition) is 5. The number of rotatable bonds is 10. The Kier molecular flexibility index (Phi) is 7.81. The molecule has 0 unspecified atom stereocenters. The summed E-state index contributed by atoms with van der Waals surface area (Å²) < 4.78 is 56.9. The van der Waals surface area contributed by atoms with E-state index in [4.69, 9.17) is 4.74 Å². The van der Waals surface area contributed by atoms with E-state index in [9.17, 15) is 16.8 Å². The van der Waals surface area contributed by atoms with Gasteiger partial charge in [0.2, 0.25) is 20.0 Å². The van der Waals surface area contributed by atoms with E-state index in [1.807, 2.05) is 13.0 Å². The van der Waals surface area contributed by atoms with Crippen molar-refractivity contribution in [1.29, 1.82) is 0 Å². The van der Waals surface area contributed by atoms with Gasteiger partial charge in [-0.1, -0.05) is 12.1 Å². The molecular weight excluding hydrogens is 352 g/mol. The minimum absolute atomic E-state index is 0.00969. The van der Waals surface area contributed by atoms with Crippen LogP contribution in [0.2, 0.25) is 0 Å². The van der Waals surface area contributed by atoms with Gasteiger partial charge < -0.3 is 4.74 Å². The molecule has 1 N–H and O–H groups in total. The Morgan fingerprint density at radius 1 is 1.12 bits per heavy atom. The first-order valence-corrected chi connectivity index (χ1v) is 10.9. The number of hydrogen-bond donors (Lipinski definition) is 1. The van der Waals surface area contributed by atoms with Gasteiger partial charge >= 0.3 is 0 Å². The first kappa shape index (κ1) is 21.0. The summed E-state index contributed by atoms with van der Waals surface area (Å²) in [6.45, 7) is 4.36. The summed E-state index contributed by atoms with van der Waals surface area (Å²) in [5.74, 6) is 0. The second kappa shape index (κ2) is 8.91. The van der Waals surface area contributed by atoms with E-state index in [1.54, 1.807) is 26.2 Å². The molecule has 0 fully saturated rings. The summed E-state index contributed by atoms with van der Waals surface area (Å²) >= 11 is 0. The van der Waals surface area contributed by atoms with E-state index in [1.165, 1.54) is 4.31 Å². The van der Waals surface area contributed by atoms with Gasteiger partial charge in [0.1, 0.15) is 0 Å². The van der Waals surface area contributed by atoms with Crippen molar-refractivity contribution < 1.29 is 21.6 Å². The zero-order chi connectivity index (χ0) is 18.4. The van der Waals surface area contributed by atoms with Crippen LogP contribution in [0.5, 0.6) is 0 Å². The first-order chi connectivity index (χ1) is 11.1. The molecule has 0 aliphatic heterocycles. The van der Waals surface area contributed by atoms with E-state index in [2.05, 4.69) is 4.72 Å². The molecule has 1 aromatic rings. The lowest BCUT2D eigenvalue weighted by molar-refractivity contribution is 0.187. The van der Waals surface area contributed by atoms with E-state index in [0.717, 1.165) is 11.8 Å². The Morgan fingerprint density at radius 3 is 2.38 bits per heavy atom. The number of ether oxygens (including phenoxy) is 1. The van der Waals surface area contributed by atoms with Gasteiger partial charge in [-0.15, -0.1) is 0 Å². The Labute approximate surface area is 145 Å². The molecule has 0 aliphatic carbocycles. The van der Waals surface area contributed by atoms with Crippen molar-refractivity contribution >= 4 is 20.0 Å². The highest BCUT2D eigenvalue weighted by Gasteiger charge is 2.19. The Bertz CT molecular complexity index is 745. The van der Waals surface area contributed by atoms with Crippen LogP contribution in [0.1, 0.15) is 17.5 Å². The number of sulfonamides is 2. The Balaban J connectivity index is 2.74. The summed E-state index contributed by atoms with van der Waals surface area (Å²) in [5, 5.41) is 0. The van der Waals surface area contributed by atoms with Crippen LogP contribution in [0.4, 0.5) is 0 Å². The van der Waals surface area contributed by atoms with E-state index >= 15 is 0 Å². The number of benzene rings is 1. The first-order valence-electron chi connectivity index (χ1n) is 7.59. The van der Waals surface area contributed by atoms with Crippen molar-refractivity contribution in [1.82, 2.24) is 9.03 Å². The molecule has 1 rings (SSSR count). The monoisotopic (exact) mass is 378 g/mol. The van der Waals surface area contributed by atoms with Gasteiger partial charge in [0.05, 0.1) is 11.2 Å². The quantitative estimate of drug-likeness (QED) is 0.610. The largest absolute Gasteiger partial charge is 0.385 e. The third-order valence-electron chi connectivity index (χ3n) is 3.51. The zero-order valence-corrected chi connectivity index (χ0v) is 16.2. The van der Waals surface area contributed by atoms with Gasteiger partial charge in [-0.25, -0.2) is 25.9 Å². The number of nitrogens with zero attached hydrogens (tertiary/aromatic N) is 1. The minimum atomic E-state index is -3.68. The fourth-order valence-electron chi connectivity index (χ4n) is 2.21. The Hall–Kier alpha value is -1.00. The topological polar surface area (TPSA) is 92.8 Å². The fraction of sp³-hybridized carbons (Fsp3) is 0.600. The summed E-state index contributed by atoms with van der Waals surface area (Å²) in [6, 6.07) is 5.19. The lowest BCUT2D eigenvalue weighted by Crippen LogP contribution is -2.39. The second-order valence-corrected chi connectivity index (χ2v) is 9.39. The normalized spacial score (nSPS) is 12.7. The molecule has 0 saturated heterocycles. The number of aryl methyl sites for hydroxylation is 2.